The summed E-state index contributed by atoms with van der Waals surface area (Å²) in [7, 11) is 0. The van der Waals surface area contributed by atoms with Crippen molar-refractivity contribution in [2.75, 3.05) is 0 Å². The summed E-state index contributed by atoms with van der Waals surface area (Å²) in [5.41, 5.74) is 0. The number of aliphatic hydroxyl groups excluding tert-OH is 1. The second-order valence-electron chi connectivity index (χ2n) is 3.09. The molecule has 0 saturated carbocycles. The van der Waals surface area contributed by atoms with Gasteiger partial charge in [-0.25, -0.2) is 0 Å². The maximum Gasteiger partial charge on any atom is 0.300 e. The van der Waals surface area contributed by atoms with E-state index in [0.717, 1.165) is 19.8 Å². The molecule has 0 aromatic rings. The summed E-state index contributed by atoms with van der Waals surface area (Å²) in [5, 5.41) is 16.4. The molecule has 0 unspecified atom stereocenters. The van der Waals surface area contributed by atoms with E-state index in [1.165, 1.54) is 0 Å². The number of aliphatic carboxylic acids is 1. The molecule has 3 nitrogen and oxygen atoms in total. The van der Waals surface area contributed by atoms with Gasteiger partial charge >= 0.3 is 0 Å². The molecule has 0 heterocycles. The fourth-order valence-corrected chi connectivity index (χ4v) is 1.06. The number of hydrogen-bond acceptors (Lipinski definition) is 2. The number of hydrogen-bond donors (Lipinski definition) is 2. The highest BCUT2D eigenvalue weighted by atomic mass is 16.4. The van der Waals surface area contributed by atoms with Crippen LogP contribution >= 0.6 is 0 Å². The molecule has 0 aromatic carbocycles. The maximum atomic E-state index is 9.00. The van der Waals surface area contributed by atoms with Gasteiger partial charge in [0.15, 0.2) is 0 Å². The van der Waals surface area contributed by atoms with E-state index in [0.29, 0.717) is 5.92 Å². The zero-order valence-corrected chi connectivity index (χ0v) is 7.53. The van der Waals surface area contributed by atoms with Crippen LogP contribution in [0.4, 0.5) is 0 Å². The van der Waals surface area contributed by atoms with Crippen molar-refractivity contribution in [3.63, 3.8) is 0 Å². The van der Waals surface area contributed by atoms with E-state index in [9.17, 15) is 0 Å². The Morgan fingerprint density at radius 3 is 2.33 bits per heavy atom. The summed E-state index contributed by atoms with van der Waals surface area (Å²) in [6.07, 6.45) is 5.84. The van der Waals surface area contributed by atoms with Crippen molar-refractivity contribution in [2.45, 2.75) is 32.8 Å². The lowest BCUT2D eigenvalue weighted by Gasteiger charge is -2.16. The first-order valence-electron chi connectivity index (χ1n) is 4.06. The highest BCUT2D eigenvalue weighted by Gasteiger charge is 2.09. The van der Waals surface area contributed by atoms with Crippen LogP contribution in [0.1, 0.15) is 26.7 Å². The first-order valence-corrected chi connectivity index (χ1v) is 4.06. The monoisotopic (exact) mass is 172 g/mol. The molecule has 3 heteroatoms. The molecule has 0 amide bonds. The van der Waals surface area contributed by atoms with Crippen LogP contribution in [0.3, 0.4) is 0 Å². The Kier molecular flexibility index (Phi) is 5.37. The number of carboxylic acids is 1. The Morgan fingerprint density at radius 2 is 2.08 bits per heavy atom. The van der Waals surface area contributed by atoms with Crippen molar-refractivity contribution >= 4 is 5.97 Å². The molecule has 2 N–H and O–H groups in total. The molecular weight excluding hydrogens is 156 g/mol. The Balaban J connectivity index is 0.000000261. The standard InChI is InChI=1S/C7H12O.C2H4O2/c1-6-3-2-4-7(8)5-6;1-2(3)4/h2,4,6-8H,3,5H2,1H3;1H3,(H,3,4)/t6-,7-;/m1./s1. The first-order chi connectivity index (χ1) is 5.52. The van der Waals surface area contributed by atoms with E-state index in [4.69, 9.17) is 15.0 Å². The predicted octanol–water partition coefficient (Wildman–Crippen LogP) is 1.42. The molecule has 1 aliphatic carbocycles. The molecule has 70 valence electrons. The summed E-state index contributed by atoms with van der Waals surface area (Å²) in [6.45, 7) is 3.24. The second-order valence-corrected chi connectivity index (χ2v) is 3.09. The summed E-state index contributed by atoms with van der Waals surface area (Å²) in [4.78, 5) is 9.00. The van der Waals surface area contributed by atoms with Crippen LogP contribution in [-0.2, 0) is 4.79 Å². The number of carboxylic acid groups (broad SMARTS) is 1. The van der Waals surface area contributed by atoms with Crippen molar-refractivity contribution in [3.05, 3.63) is 12.2 Å². The van der Waals surface area contributed by atoms with Gasteiger partial charge in [-0.2, -0.15) is 0 Å². The molecule has 0 radical (unpaired) electrons. The molecule has 1 rings (SSSR count). The lowest BCUT2D eigenvalue weighted by Crippen LogP contribution is -2.11. The zero-order chi connectivity index (χ0) is 9.56. The van der Waals surface area contributed by atoms with Crippen LogP contribution in [0.25, 0.3) is 0 Å². The smallest absolute Gasteiger partial charge is 0.300 e. The summed E-state index contributed by atoms with van der Waals surface area (Å²) in [5.74, 6) is -0.157. The van der Waals surface area contributed by atoms with Crippen LogP contribution in [0.15, 0.2) is 12.2 Å². The van der Waals surface area contributed by atoms with Crippen LogP contribution in [0.5, 0.6) is 0 Å². The third-order valence-corrected chi connectivity index (χ3v) is 1.54. The summed E-state index contributed by atoms with van der Waals surface area (Å²) in [6, 6.07) is 0. The molecule has 0 spiro atoms. The number of aliphatic hydroxyl groups is 1. The van der Waals surface area contributed by atoms with E-state index < -0.39 is 5.97 Å². The zero-order valence-electron chi connectivity index (χ0n) is 7.53. The van der Waals surface area contributed by atoms with Gasteiger partial charge in [0.1, 0.15) is 0 Å². The van der Waals surface area contributed by atoms with E-state index in [1.54, 1.807) is 0 Å². The molecule has 0 aromatic heterocycles. The van der Waals surface area contributed by atoms with Gasteiger partial charge in [0, 0.05) is 6.92 Å². The van der Waals surface area contributed by atoms with Crippen LogP contribution < -0.4 is 0 Å². The van der Waals surface area contributed by atoms with Gasteiger partial charge in [-0.1, -0.05) is 19.1 Å². The Hall–Kier alpha value is -0.830. The quantitative estimate of drug-likeness (QED) is 0.543. The van der Waals surface area contributed by atoms with E-state index in [2.05, 4.69) is 13.0 Å². The van der Waals surface area contributed by atoms with Crippen molar-refractivity contribution in [1.29, 1.82) is 0 Å². The van der Waals surface area contributed by atoms with Gasteiger partial charge in [0.25, 0.3) is 5.97 Å². The molecule has 0 saturated heterocycles. The average molecular weight is 172 g/mol. The average Bonchev–Trinajstić information content (AvgIpc) is 1.84. The van der Waals surface area contributed by atoms with Gasteiger partial charge < -0.3 is 10.2 Å². The lowest BCUT2D eigenvalue weighted by atomic mass is 9.95. The van der Waals surface area contributed by atoms with Crippen molar-refractivity contribution in [1.82, 2.24) is 0 Å². The van der Waals surface area contributed by atoms with Gasteiger partial charge in [0.05, 0.1) is 6.10 Å². The minimum Gasteiger partial charge on any atom is -0.481 e. The Bertz CT molecular complexity index is 159. The Morgan fingerprint density at radius 1 is 1.58 bits per heavy atom. The fourth-order valence-electron chi connectivity index (χ4n) is 1.06. The van der Waals surface area contributed by atoms with Crippen molar-refractivity contribution in [3.8, 4) is 0 Å². The highest BCUT2D eigenvalue weighted by molar-refractivity contribution is 5.62. The van der Waals surface area contributed by atoms with E-state index in [-0.39, 0.29) is 6.10 Å². The second kappa shape index (κ2) is 5.77. The first kappa shape index (κ1) is 11.2. The summed E-state index contributed by atoms with van der Waals surface area (Å²) >= 11 is 0. The molecule has 12 heavy (non-hydrogen) atoms. The molecule has 0 fully saturated rings. The van der Waals surface area contributed by atoms with Crippen LogP contribution in [0, 0.1) is 5.92 Å². The Labute approximate surface area is 72.7 Å². The van der Waals surface area contributed by atoms with Crippen LogP contribution in [-0.4, -0.2) is 22.3 Å². The van der Waals surface area contributed by atoms with Crippen molar-refractivity contribution in [2.24, 2.45) is 5.92 Å². The van der Waals surface area contributed by atoms with Gasteiger partial charge in [0.2, 0.25) is 0 Å². The molecule has 0 aliphatic heterocycles. The molecule has 0 bridgehead atoms. The van der Waals surface area contributed by atoms with Gasteiger partial charge in [-0.05, 0) is 18.8 Å². The van der Waals surface area contributed by atoms with E-state index >= 15 is 0 Å². The van der Waals surface area contributed by atoms with Gasteiger partial charge in [-0.3, -0.25) is 4.79 Å². The minimum absolute atomic E-state index is 0.168. The summed E-state index contributed by atoms with van der Waals surface area (Å²) < 4.78 is 0. The molecule has 1 aliphatic rings. The largest absolute Gasteiger partial charge is 0.481 e. The predicted molar refractivity (Wildman–Crippen MR) is 46.9 cm³/mol. The lowest BCUT2D eigenvalue weighted by molar-refractivity contribution is -0.134. The normalized spacial score (nSPS) is 27.2. The van der Waals surface area contributed by atoms with Crippen LogP contribution in [0.2, 0.25) is 0 Å². The minimum atomic E-state index is -0.833. The number of allylic oxidation sites excluding steroid dienone is 1. The molecular formula is C9H16O3. The third-order valence-electron chi connectivity index (χ3n) is 1.54. The highest BCUT2D eigenvalue weighted by Crippen LogP contribution is 2.16. The molecule has 2 atom stereocenters. The van der Waals surface area contributed by atoms with E-state index in [1.807, 2.05) is 6.08 Å². The van der Waals surface area contributed by atoms with Gasteiger partial charge in [-0.15, -0.1) is 0 Å². The topological polar surface area (TPSA) is 57.5 Å². The number of carbonyl (C=O) groups is 1. The van der Waals surface area contributed by atoms with Crippen molar-refractivity contribution < 1.29 is 15.0 Å². The fraction of sp³-hybridized carbons (Fsp3) is 0.667. The maximum absolute atomic E-state index is 9.00. The number of rotatable bonds is 0. The third kappa shape index (κ3) is 7.28. The SMILES string of the molecule is CC(=O)O.C[C@@H]1CC=C[C@@H](O)C1.